The molecule has 0 bridgehead atoms. The van der Waals surface area contributed by atoms with Gasteiger partial charge in [0.1, 0.15) is 0 Å². The fraction of sp³-hybridized carbons (Fsp3) is 0.167. The van der Waals surface area contributed by atoms with Crippen LogP contribution in [0.3, 0.4) is 0 Å². The number of hydrogen-bond acceptors (Lipinski definition) is 4. The molecule has 118 valence electrons. The Hall–Kier alpha value is -2.05. The van der Waals surface area contributed by atoms with Crippen molar-refractivity contribution in [1.82, 2.24) is 4.98 Å². The van der Waals surface area contributed by atoms with Gasteiger partial charge in [-0.3, -0.25) is 4.98 Å². The van der Waals surface area contributed by atoms with Gasteiger partial charge in [-0.1, -0.05) is 54.6 Å². The van der Waals surface area contributed by atoms with Crippen LogP contribution in [0.4, 0.5) is 0 Å². The van der Waals surface area contributed by atoms with Crippen LogP contribution in [0.1, 0.15) is 5.69 Å². The van der Waals surface area contributed by atoms with Crippen LogP contribution in [-0.4, -0.2) is 28.0 Å². The van der Waals surface area contributed by atoms with Gasteiger partial charge in [0.2, 0.25) is 0 Å². The lowest BCUT2D eigenvalue weighted by Crippen LogP contribution is -2.55. The van der Waals surface area contributed by atoms with Crippen molar-refractivity contribution in [2.24, 2.45) is 0 Å². The number of fused-ring (bicyclic) bond motifs is 1. The number of para-hydroxylation sites is 1. The lowest BCUT2D eigenvalue weighted by Gasteiger charge is -2.26. The van der Waals surface area contributed by atoms with Crippen LogP contribution in [0, 0.1) is 0 Å². The molecule has 1 aromatic heterocycles. The molecule has 2 aromatic carbocycles. The Labute approximate surface area is 137 Å². The number of aromatic nitrogens is 1. The Balaban J connectivity index is 1.83. The maximum absolute atomic E-state index is 6.08. The van der Waals surface area contributed by atoms with E-state index in [1.54, 1.807) is 14.2 Å². The van der Waals surface area contributed by atoms with E-state index in [2.05, 4.69) is 4.98 Å². The Kier molecular flexibility index (Phi) is 4.83. The molecule has 0 unspecified atom stereocenters. The highest BCUT2D eigenvalue weighted by atomic mass is 28.4. The van der Waals surface area contributed by atoms with Crippen LogP contribution in [0.2, 0.25) is 0 Å². The number of rotatable bonds is 6. The van der Waals surface area contributed by atoms with Crippen molar-refractivity contribution >= 4 is 24.9 Å². The molecular formula is C18H19NO3Si. The minimum atomic E-state index is -2.91. The zero-order valence-corrected chi connectivity index (χ0v) is 14.2. The summed E-state index contributed by atoms with van der Waals surface area (Å²) >= 11 is 0. The molecule has 0 atom stereocenters. The Morgan fingerprint density at radius 1 is 0.826 bits per heavy atom. The smallest absolute Gasteiger partial charge is 0.373 e. The molecule has 4 nitrogen and oxygen atoms in total. The van der Waals surface area contributed by atoms with E-state index in [0.29, 0.717) is 6.61 Å². The average Bonchev–Trinajstić information content (AvgIpc) is 2.64. The van der Waals surface area contributed by atoms with Crippen molar-refractivity contribution in [2.45, 2.75) is 6.61 Å². The molecule has 0 aliphatic carbocycles. The van der Waals surface area contributed by atoms with Gasteiger partial charge in [-0.05, 0) is 12.1 Å². The van der Waals surface area contributed by atoms with Gasteiger partial charge in [0, 0.05) is 24.8 Å². The predicted octanol–water partition coefficient (Wildman–Crippen LogP) is 2.89. The second-order valence-electron chi connectivity index (χ2n) is 5.11. The van der Waals surface area contributed by atoms with Gasteiger partial charge >= 0.3 is 8.80 Å². The summed E-state index contributed by atoms with van der Waals surface area (Å²) in [7, 11) is 0.333. The summed E-state index contributed by atoms with van der Waals surface area (Å²) in [5, 5.41) is 2.05. The number of pyridine rings is 1. The minimum absolute atomic E-state index is 0.341. The molecule has 0 aliphatic heterocycles. The SMILES string of the molecule is CO[Si](OC)(OCc1ccc2ccccc2n1)c1ccccc1. The normalized spacial score (nSPS) is 11.7. The van der Waals surface area contributed by atoms with Gasteiger partial charge in [-0.2, -0.15) is 0 Å². The third-order valence-electron chi connectivity index (χ3n) is 3.73. The molecule has 0 radical (unpaired) electrons. The first kappa shape index (κ1) is 15.8. The zero-order chi connectivity index (χ0) is 16.1. The second-order valence-corrected chi connectivity index (χ2v) is 7.91. The van der Waals surface area contributed by atoms with Gasteiger partial charge in [0.25, 0.3) is 0 Å². The second kappa shape index (κ2) is 7.02. The van der Waals surface area contributed by atoms with Crippen LogP contribution < -0.4 is 5.19 Å². The van der Waals surface area contributed by atoms with E-state index >= 15 is 0 Å². The van der Waals surface area contributed by atoms with Crippen molar-refractivity contribution in [1.29, 1.82) is 0 Å². The monoisotopic (exact) mass is 325 g/mol. The Morgan fingerprint density at radius 2 is 1.52 bits per heavy atom. The average molecular weight is 325 g/mol. The van der Waals surface area contributed by atoms with Crippen molar-refractivity contribution in [3.8, 4) is 0 Å². The third kappa shape index (κ3) is 3.33. The Morgan fingerprint density at radius 3 is 2.26 bits per heavy atom. The number of hydrogen-bond donors (Lipinski definition) is 0. The molecule has 5 heteroatoms. The van der Waals surface area contributed by atoms with Crippen molar-refractivity contribution in [3.05, 3.63) is 72.4 Å². The van der Waals surface area contributed by atoms with E-state index in [0.717, 1.165) is 21.8 Å². The topological polar surface area (TPSA) is 40.6 Å². The highest BCUT2D eigenvalue weighted by Crippen LogP contribution is 2.15. The molecule has 0 aliphatic rings. The summed E-state index contributed by atoms with van der Waals surface area (Å²) < 4.78 is 17.4. The Bertz CT molecular complexity index is 775. The molecule has 3 rings (SSSR count). The molecule has 0 amide bonds. The first-order chi connectivity index (χ1) is 11.3. The van der Waals surface area contributed by atoms with Crippen LogP contribution in [0.25, 0.3) is 10.9 Å². The first-order valence-corrected chi connectivity index (χ1v) is 9.14. The van der Waals surface area contributed by atoms with Gasteiger partial charge in [0.05, 0.1) is 17.8 Å². The fourth-order valence-electron chi connectivity index (χ4n) is 2.52. The van der Waals surface area contributed by atoms with E-state index < -0.39 is 8.80 Å². The lowest BCUT2D eigenvalue weighted by atomic mass is 10.2. The number of benzene rings is 2. The van der Waals surface area contributed by atoms with Gasteiger partial charge in [-0.25, -0.2) is 0 Å². The summed E-state index contributed by atoms with van der Waals surface area (Å²) in [6, 6.07) is 21.8. The molecule has 3 aromatic rings. The zero-order valence-electron chi connectivity index (χ0n) is 13.2. The van der Waals surface area contributed by atoms with Gasteiger partial charge in [0.15, 0.2) is 0 Å². The largest absolute Gasteiger partial charge is 0.537 e. The molecule has 0 saturated heterocycles. The number of nitrogens with zero attached hydrogens (tertiary/aromatic N) is 1. The summed E-state index contributed by atoms with van der Waals surface area (Å²) in [5.41, 5.74) is 1.81. The van der Waals surface area contributed by atoms with Gasteiger partial charge in [-0.15, -0.1) is 0 Å². The first-order valence-electron chi connectivity index (χ1n) is 7.42. The quantitative estimate of drug-likeness (QED) is 0.654. The van der Waals surface area contributed by atoms with Crippen molar-refractivity contribution in [2.75, 3.05) is 14.2 Å². The van der Waals surface area contributed by atoms with Crippen LogP contribution >= 0.6 is 0 Å². The highest BCUT2D eigenvalue weighted by molar-refractivity contribution is 6.75. The summed E-state index contributed by atoms with van der Waals surface area (Å²) in [6.07, 6.45) is 0. The van der Waals surface area contributed by atoms with Gasteiger partial charge < -0.3 is 13.3 Å². The minimum Gasteiger partial charge on any atom is -0.373 e. The van der Waals surface area contributed by atoms with E-state index in [9.17, 15) is 0 Å². The standard InChI is InChI=1S/C18H19NO3Si/c1-20-23(21-2,17-9-4-3-5-10-17)22-14-16-13-12-15-8-6-7-11-18(15)19-16/h3-13H,14H2,1-2H3. The fourth-order valence-corrected chi connectivity index (χ4v) is 4.50. The highest BCUT2D eigenvalue weighted by Gasteiger charge is 2.41. The maximum atomic E-state index is 6.08. The lowest BCUT2D eigenvalue weighted by molar-refractivity contribution is 0.105. The van der Waals surface area contributed by atoms with E-state index in [1.807, 2.05) is 66.7 Å². The van der Waals surface area contributed by atoms with Crippen molar-refractivity contribution < 1.29 is 13.3 Å². The molecule has 0 spiro atoms. The van der Waals surface area contributed by atoms with Crippen LogP contribution in [0.15, 0.2) is 66.7 Å². The van der Waals surface area contributed by atoms with Crippen molar-refractivity contribution in [3.63, 3.8) is 0 Å². The summed E-state index contributed by atoms with van der Waals surface area (Å²) in [6.45, 7) is 0.341. The molecule has 0 N–H and O–H groups in total. The molecule has 1 heterocycles. The van der Waals surface area contributed by atoms with E-state index in [-0.39, 0.29) is 0 Å². The van der Waals surface area contributed by atoms with E-state index in [4.69, 9.17) is 13.3 Å². The van der Waals surface area contributed by atoms with E-state index in [1.165, 1.54) is 0 Å². The molecule has 0 saturated carbocycles. The third-order valence-corrected chi connectivity index (χ3v) is 6.37. The summed E-state index contributed by atoms with van der Waals surface area (Å²) in [5.74, 6) is 0. The molecule has 0 fully saturated rings. The molecule has 23 heavy (non-hydrogen) atoms. The predicted molar refractivity (Wildman–Crippen MR) is 92.4 cm³/mol. The maximum Gasteiger partial charge on any atom is 0.537 e. The van der Waals surface area contributed by atoms with Crippen LogP contribution in [0.5, 0.6) is 0 Å². The molecular weight excluding hydrogens is 306 g/mol. The van der Waals surface area contributed by atoms with Crippen LogP contribution in [-0.2, 0) is 19.9 Å². The summed E-state index contributed by atoms with van der Waals surface area (Å²) in [4.78, 5) is 4.63.